The van der Waals surface area contributed by atoms with Gasteiger partial charge in [-0.2, -0.15) is 11.8 Å². The minimum absolute atomic E-state index is 0.0298. The number of sulfonamides is 1. The fourth-order valence-corrected chi connectivity index (χ4v) is 5.20. The van der Waals surface area contributed by atoms with Crippen molar-refractivity contribution in [1.29, 1.82) is 0 Å². The van der Waals surface area contributed by atoms with E-state index in [-0.39, 0.29) is 6.04 Å². The standard InChI is InChI=1S/C14H26N2O2S3/c1-4-9-15-11-13-6-7-14(20-13)21(17,18)16-12(3)8-10-19-5-2/h6-7,12,15-16H,4-5,8-11H2,1-3H3. The van der Waals surface area contributed by atoms with Gasteiger partial charge in [-0.15, -0.1) is 11.3 Å². The van der Waals surface area contributed by atoms with Gasteiger partial charge in [0.15, 0.2) is 0 Å². The largest absolute Gasteiger partial charge is 0.312 e. The Morgan fingerprint density at radius 2 is 2.10 bits per heavy atom. The molecule has 0 amide bonds. The zero-order chi connectivity index (χ0) is 15.7. The highest BCUT2D eigenvalue weighted by Gasteiger charge is 2.19. The normalized spacial score (nSPS) is 13.5. The van der Waals surface area contributed by atoms with Gasteiger partial charge < -0.3 is 5.32 Å². The molecular weight excluding hydrogens is 324 g/mol. The van der Waals surface area contributed by atoms with Crippen LogP contribution in [0.5, 0.6) is 0 Å². The summed E-state index contributed by atoms with van der Waals surface area (Å²) in [6.45, 7) is 7.82. The second kappa shape index (κ2) is 9.84. The summed E-state index contributed by atoms with van der Waals surface area (Å²) in [4.78, 5) is 1.05. The van der Waals surface area contributed by atoms with E-state index in [4.69, 9.17) is 0 Å². The van der Waals surface area contributed by atoms with Gasteiger partial charge in [0.05, 0.1) is 0 Å². The van der Waals surface area contributed by atoms with Crippen molar-refractivity contribution >= 4 is 33.1 Å². The van der Waals surface area contributed by atoms with Gasteiger partial charge in [-0.25, -0.2) is 13.1 Å². The molecule has 1 heterocycles. The Hall–Kier alpha value is -0.0800. The molecule has 0 saturated heterocycles. The minimum atomic E-state index is -3.37. The van der Waals surface area contributed by atoms with Crippen molar-refractivity contribution < 1.29 is 8.42 Å². The number of thioether (sulfide) groups is 1. The first-order valence-corrected chi connectivity index (χ1v) is 10.8. The first kappa shape index (κ1) is 19.0. The van der Waals surface area contributed by atoms with Crippen LogP contribution in [0.3, 0.4) is 0 Å². The lowest BCUT2D eigenvalue weighted by Crippen LogP contribution is -2.32. The third-order valence-electron chi connectivity index (χ3n) is 2.88. The average molecular weight is 351 g/mol. The summed E-state index contributed by atoms with van der Waals surface area (Å²) in [5.41, 5.74) is 0. The Bertz CT molecular complexity index is 500. The van der Waals surface area contributed by atoms with Crippen LogP contribution in [0, 0.1) is 0 Å². The highest BCUT2D eigenvalue weighted by molar-refractivity contribution is 7.99. The van der Waals surface area contributed by atoms with Crippen LogP contribution in [0.2, 0.25) is 0 Å². The second-order valence-electron chi connectivity index (χ2n) is 4.91. The lowest BCUT2D eigenvalue weighted by molar-refractivity contribution is 0.559. The maximum atomic E-state index is 12.3. The van der Waals surface area contributed by atoms with E-state index in [1.807, 2.05) is 24.8 Å². The fourth-order valence-electron chi connectivity index (χ4n) is 1.77. The zero-order valence-corrected chi connectivity index (χ0v) is 15.5. The van der Waals surface area contributed by atoms with Crippen LogP contribution in [0.15, 0.2) is 16.3 Å². The van der Waals surface area contributed by atoms with Crippen molar-refractivity contribution in [2.24, 2.45) is 0 Å². The summed E-state index contributed by atoms with van der Waals surface area (Å²) in [6.07, 6.45) is 1.93. The van der Waals surface area contributed by atoms with E-state index in [1.54, 1.807) is 6.07 Å². The molecule has 7 heteroatoms. The molecule has 0 bridgehead atoms. The maximum Gasteiger partial charge on any atom is 0.250 e. The second-order valence-corrected chi connectivity index (χ2v) is 9.41. The predicted octanol–water partition coefficient (Wildman–Crippen LogP) is 3.06. The molecule has 0 saturated carbocycles. The monoisotopic (exact) mass is 350 g/mol. The van der Waals surface area contributed by atoms with E-state index in [0.717, 1.165) is 42.3 Å². The first-order chi connectivity index (χ1) is 9.99. The Labute approximate surface area is 137 Å². The van der Waals surface area contributed by atoms with Gasteiger partial charge in [-0.1, -0.05) is 13.8 Å². The molecule has 1 atom stereocenters. The first-order valence-electron chi connectivity index (χ1n) is 7.39. The van der Waals surface area contributed by atoms with Crippen LogP contribution in [-0.4, -0.2) is 32.5 Å². The summed E-state index contributed by atoms with van der Waals surface area (Å²) in [7, 11) is -3.37. The predicted molar refractivity (Wildman–Crippen MR) is 93.7 cm³/mol. The van der Waals surface area contributed by atoms with Crippen LogP contribution in [0.1, 0.15) is 38.5 Å². The third-order valence-corrected chi connectivity index (χ3v) is 6.98. The number of rotatable bonds is 11. The van der Waals surface area contributed by atoms with E-state index >= 15 is 0 Å². The lowest BCUT2D eigenvalue weighted by atomic mass is 10.3. The molecule has 0 spiro atoms. The number of thiophene rings is 1. The van der Waals surface area contributed by atoms with Crippen LogP contribution in [0.25, 0.3) is 0 Å². The van der Waals surface area contributed by atoms with E-state index in [9.17, 15) is 8.42 Å². The molecule has 1 aromatic rings. The van der Waals surface area contributed by atoms with Gasteiger partial charge in [-0.05, 0) is 49.9 Å². The summed E-state index contributed by atoms with van der Waals surface area (Å²) in [6, 6.07) is 3.56. The molecule has 1 aromatic heterocycles. The molecule has 122 valence electrons. The van der Waals surface area contributed by atoms with Gasteiger partial charge in [0, 0.05) is 17.5 Å². The fraction of sp³-hybridized carbons (Fsp3) is 0.714. The van der Waals surface area contributed by atoms with Crippen molar-refractivity contribution in [1.82, 2.24) is 10.0 Å². The minimum Gasteiger partial charge on any atom is -0.312 e. The molecular formula is C14H26N2O2S3. The van der Waals surface area contributed by atoms with Gasteiger partial charge in [0.25, 0.3) is 0 Å². The van der Waals surface area contributed by atoms with E-state index in [2.05, 4.69) is 23.9 Å². The SMILES string of the molecule is CCCNCc1ccc(S(=O)(=O)NC(C)CCSCC)s1. The Balaban J connectivity index is 2.53. The Morgan fingerprint density at radius 1 is 1.33 bits per heavy atom. The molecule has 2 N–H and O–H groups in total. The molecule has 1 unspecified atom stereocenters. The zero-order valence-electron chi connectivity index (χ0n) is 13.0. The summed E-state index contributed by atoms with van der Waals surface area (Å²) in [5.74, 6) is 2.05. The van der Waals surface area contributed by atoms with Crippen molar-refractivity contribution in [2.45, 2.75) is 50.4 Å². The molecule has 0 aliphatic rings. The van der Waals surface area contributed by atoms with Gasteiger partial charge in [0.2, 0.25) is 10.0 Å². The van der Waals surface area contributed by atoms with Crippen LogP contribution in [0.4, 0.5) is 0 Å². The number of hydrogen-bond donors (Lipinski definition) is 2. The third kappa shape index (κ3) is 7.15. The van der Waals surface area contributed by atoms with Gasteiger partial charge in [-0.3, -0.25) is 0 Å². The van der Waals surface area contributed by atoms with Gasteiger partial charge >= 0.3 is 0 Å². The van der Waals surface area contributed by atoms with Crippen LogP contribution < -0.4 is 10.0 Å². The average Bonchev–Trinajstić information content (AvgIpc) is 2.88. The molecule has 21 heavy (non-hydrogen) atoms. The Kier molecular flexibility index (Phi) is 8.89. The van der Waals surface area contributed by atoms with E-state index in [1.165, 1.54) is 11.3 Å². The van der Waals surface area contributed by atoms with Crippen molar-refractivity contribution in [3.63, 3.8) is 0 Å². The molecule has 0 aliphatic heterocycles. The van der Waals surface area contributed by atoms with Crippen LogP contribution in [-0.2, 0) is 16.6 Å². The maximum absolute atomic E-state index is 12.3. The molecule has 4 nitrogen and oxygen atoms in total. The van der Waals surface area contributed by atoms with Crippen molar-refractivity contribution in [3.8, 4) is 0 Å². The molecule has 1 rings (SSSR count). The van der Waals surface area contributed by atoms with Crippen molar-refractivity contribution in [2.75, 3.05) is 18.1 Å². The highest BCUT2D eigenvalue weighted by Crippen LogP contribution is 2.22. The lowest BCUT2D eigenvalue weighted by Gasteiger charge is -2.12. The molecule has 0 fully saturated rings. The Morgan fingerprint density at radius 3 is 2.76 bits per heavy atom. The molecule has 0 aromatic carbocycles. The van der Waals surface area contributed by atoms with Crippen molar-refractivity contribution in [3.05, 3.63) is 17.0 Å². The quantitative estimate of drug-likeness (QED) is 0.602. The smallest absolute Gasteiger partial charge is 0.250 e. The number of hydrogen-bond acceptors (Lipinski definition) is 5. The highest BCUT2D eigenvalue weighted by atomic mass is 32.2. The summed E-state index contributed by atoms with van der Waals surface area (Å²) in [5, 5.41) is 3.28. The molecule has 0 aliphatic carbocycles. The molecule has 0 radical (unpaired) electrons. The number of nitrogens with one attached hydrogen (secondary N) is 2. The van der Waals surface area contributed by atoms with Crippen LogP contribution >= 0.6 is 23.1 Å². The summed E-state index contributed by atoms with van der Waals surface area (Å²) >= 11 is 3.18. The topological polar surface area (TPSA) is 58.2 Å². The van der Waals surface area contributed by atoms with E-state index in [0.29, 0.717) is 4.21 Å². The van der Waals surface area contributed by atoms with E-state index < -0.39 is 10.0 Å². The summed E-state index contributed by atoms with van der Waals surface area (Å²) < 4.78 is 27.8. The van der Waals surface area contributed by atoms with Gasteiger partial charge in [0.1, 0.15) is 4.21 Å².